The minimum absolute atomic E-state index is 0.368. The van der Waals surface area contributed by atoms with Crippen LogP contribution in [-0.4, -0.2) is 4.98 Å². The van der Waals surface area contributed by atoms with Crippen LogP contribution in [0, 0.1) is 0 Å². The lowest BCUT2D eigenvalue weighted by Gasteiger charge is -1.98. The van der Waals surface area contributed by atoms with Gasteiger partial charge >= 0.3 is 0 Å². The Labute approximate surface area is 116 Å². The molecule has 3 aromatic rings. The first-order valence-corrected chi connectivity index (χ1v) is 6.56. The molecule has 2 aromatic carbocycles. The Kier molecular flexibility index (Phi) is 3.34. The number of halogens is 1. The molecule has 1 aromatic heterocycles. The summed E-state index contributed by atoms with van der Waals surface area (Å²) in [6.45, 7) is 0. The number of benzene rings is 2. The molecule has 0 fully saturated rings. The molecule has 0 saturated carbocycles. The number of alkyl halides is 1. The van der Waals surface area contributed by atoms with Crippen LogP contribution in [-0.2, 0) is 5.88 Å². The number of fused-ring (bicyclic) bond motifs is 1. The number of nitrogens with zero attached hydrogens (tertiary/aromatic N) is 1. The van der Waals surface area contributed by atoms with Crippen molar-refractivity contribution < 1.29 is 4.42 Å². The Morgan fingerprint density at radius 3 is 2.68 bits per heavy atom. The van der Waals surface area contributed by atoms with Crippen LogP contribution in [0.1, 0.15) is 17.1 Å². The summed E-state index contributed by atoms with van der Waals surface area (Å²) < 4.78 is 5.28. The van der Waals surface area contributed by atoms with E-state index in [1.54, 1.807) is 6.26 Å². The average Bonchev–Trinajstić information content (AvgIpc) is 2.93. The molecule has 0 aliphatic carbocycles. The van der Waals surface area contributed by atoms with E-state index in [1.165, 1.54) is 10.8 Å². The van der Waals surface area contributed by atoms with Crippen LogP contribution in [0.4, 0.5) is 0 Å². The second kappa shape index (κ2) is 5.29. The second-order valence-corrected chi connectivity index (χ2v) is 4.52. The van der Waals surface area contributed by atoms with Crippen LogP contribution in [0.3, 0.4) is 0 Å². The van der Waals surface area contributed by atoms with Gasteiger partial charge in [0.1, 0.15) is 6.26 Å². The van der Waals surface area contributed by atoms with Gasteiger partial charge in [-0.25, -0.2) is 4.98 Å². The fourth-order valence-corrected chi connectivity index (χ4v) is 2.06. The van der Waals surface area contributed by atoms with Crippen molar-refractivity contribution in [2.24, 2.45) is 0 Å². The van der Waals surface area contributed by atoms with E-state index < -0.39 is 0 Å². The quantitative estimate of drug-likeness (QED) is 0.642. The van der Waals surface area contributed by atoms with E-state index in [4.69, 9.17) is 16.0 Å². The summed E-state index contributed by atoms with van der Waals surface area (Å²) >= 11 is 5.68. The van der Waals surface area contributed by atoms with Crippen molar-refractivity contribution in [3.8, 4) is 0 Å². The lowest BCUT2D eigenvalue weighted by atomic mass is 10.1. The third-order valence-electron chi connectivity index (χ3n) is 2.90. The van der Waals surface area contributed by atoms with E-state index in [1.807, 2.05) is 24.3 Å². The number of rotatable bonds is 3. The van der Waals surface area contributed by atoms with Gasteiger partial charge in [0.05, 0.1) is 11.6 Å². The van der Waals surface area contributed by atoms with Gasteiger partial charge in [0.25, 0.3) is 0 Å². The summed E-state index contributed by atoms with van der Waals surface area (Å²) in [5.74, 6) is 0.941. The highest BCUT2D eigenvalue weighted by molar-refractivity contribution is 6.16. The summed E-state index contributed by atoms with van der Waals surface area (Å²) in [5.41, 5.74) is 1.86. The number of oxazole rings is 1. The number of hydrogen-bond acceptors (Lipinski definition) is 2. The Morgan fingerprint density at radius 2 is 1.89 bits per heavy atom. The lowest BCUT2D eigenvalue weighted by molar-refractivity contribution is 0.546. The second-order valence-electron chi connectivity index (χ2n) is 4.25. The smallest absolute Gasteiger partial charge is 0.218 e. The highest BCUT2D eigenvalue weighted by Gasteiger charge is 1.99. The fraction of sp³-hybridized carbons (Fsp3) is 0.0625. The van der Waals surface area contributed by atoms with E-state index in [2.05, 4.69) is 35.3 Å². The molecule has 0 radical (unpaired) electrons. The van der Waals surface area contributed by atoms with Crippen molar-refractivity contribution in [1.29, 1.82) is 0 Å². The first kappa shape index (κ1) is 12.0. The normalized spacial score (nSPS) is 11.4. The van der Waals surface area contributed by atoms with E-state index in [-0.39, 0.29) is 0 Å². The van der Waals surface area contributed by atoms with Gasteiger partial charge in [-0.15, -0.1) is 11.6 Å². The molecule has 1 heterocycles. The molecular formula is C16H12ClNO. The lowest BCUT2D eigenvalue weighted by Crippen LogP contribution is -1.77. The molecule has 2 nitrogen and oxygen atoms in total. The van der Waals surface area contributed by atoms with E-state index in [0.29, 0.717) is 11.8 Å². The van der Waals surface area contributed by atoms with Crippen molar-refractivity contribution in [2.45, 2.75) is 5.88 Å². The molecule has 0 aliphatic rings. The Bertz CT molecular complexity index is 730. The van der Waals surface area contributed by atoms with Gasteiger partial charge in [0, 0.05) is 6.08 Å². The molecule has 0 amide bonds. The Balaban J connectivity index is 1.88. The molecule has 0 aliphatic heterocycles. The predicted molar refractivity (Wildman–Crippen MR) is 78.9 cm³/mol. The zero-order valence-electron chi connectivity index (χ0n) is 10.2. The monoisotopic (exact) mass is 269 g/mol. The molecule has 3 rings (SSSR count). The third kappa shape index (κ3) is 2.69. The average molecular weight is 270 g/mol. The van der Waals surface area contributed by atoms with E-state index in [9.17, 15) is 0 Å². The molecule has 19 heavy (non-hydrogen) atoms. The highest BCUT2D eigenvalue weighted by atomic mass is 35.5. The third-order valence-corrected chi connectivity index (χ3v) is 3.17. The molecule has 0 saturated heterocycles. The molecule has 0 spiro atoms. The molecule has 3 heteroatoms. The van der Waals surface area contributed by atoms with Gasteiger partial charge in [0.2, 0.25) is 5.89 Å². The summed E-state index contributed by atoms with van der Waals surface area (Å²) in [6.07, 6.45) is 5.41. The molecular weight excluding hydrogens is 258 g/mol. The Hall–Kier alpha value is -2.06. The zero-order chi connectivity index (χ0) is 13.1. The maximum absolute atomic E-state index is 5.68. The minimum atomic E-state index is 0.368. The maximum Gasteiger partial charge on any atom is 0.218 e. The molecule has 0 bridgehead atoms. The highest BCUT2D eigenvalue weighted by Crippen LogP contribution is 2.17. The first-order valence-electron chi connectivity index (χ1n) is 6.02. The van der Waals surface area contributed by atoms with Gasteiger partial charge in [-0.2, -0.15) is 0 Å². The molecule has 0 N–H and O–H groups in total. The zero-order valence-corrected chi connectivity index (χ0v) is 11.0. The van der Waals surface area contributed by atoms with Crippen molar-refractivity contribution in [3.63, 3.8) is 0 Å². The standard InChI is InChI=1S/C16H12ClNO/c17-10-15-11-19-16(18-15)8-6-12-5-7-13-3-1-2-4-14(13)9-12/h1-9,11H,10H2. The van der Waals surface area contributed by atoms with Crippen LogP contribution in [0.25, 0.3) is 22.9 Å². The van der Waals surface area contributed by atoms with E-state index in [0.717, 1.165) is 11.3 Å². The fourth-order valence-electron chi connectivity index (χ4n) is 1.94. The van der Waals surface area contributed by atoms with Gasteiger partial charge in [-0.1, -0.05) is 36.4 Å². The maximum atomic E-state index is 5.68. The molecule has 0 atom stereocenters. The molecule has 94 valence electrons. The minimum Gasteiger partial charge on any atom is -0.445 e. The first-order chi connectivity index (χ1) is 9.35. The van der Waals surface area contributed by atoms with Gasteiger partial charge in [-0.05, 0) is 28.5 Å². The van der Waals surface area contributed by atoms with Crippen molar-refractivity contribution in [2.75, 3.05) is 0 Å². The van der Waals surface area contributed by atoms with Crippen molar-refractivity contribution in [3.05, 3.63) is 65.9 Å². The predicted octanol–water partition coefficient (Wildman–Crippen LogP) is 4.74. The van der Waals surface area contributed by atoms with Crippen LogP contribution in [0.5, 0.6) is 0 Å². The summed E-state index contributed by atoms with van der Waals surface area (Å²) in [6, 6.07) is 14.6. The van der Waals surface area contributed by atoms with Crippen molar-refractivity contribution >= 4 is 34.5 Å². The van der Waals surface area contributed by atoms with Crippen LogP contribution in [0.15, 0.2) is 53.1 Å². The van der Waals surface area contributed by atoms with Crippen LogP contribution < -0.4 is 0 Å². The topological polar surface area (TPSA) is 26.0 Å². The molecule has 0 unspecified atom stereocenters. The summed E-state index contributed by atoms with van der Waals surface area (Å²) in [7, 11) is 0. The van der Waals surface area contributed by atoms with E-state index >= 15 is 0 Å². The van der Waals surface area contributed by atoms with Crippen LogP contribution in [0.2, 0.25) is 0 Å². The summed E-state index contributed by atoms with van der Waals surface area (Å²) in [4.78, 5) is 4.22. The number of hydrogen-bond donors (Lipinski definition) is 0. The SMILES string of the molecule is ClCc1coc(C=Cc2ccc3ccccc3c2)n1. The Morgan fingerprint density at radius 1 is 1.05 bits per heavy atom. The summed E-state index contributed by atoms with van der Waals surface area (Å²) in [5, 5.41) is 2.46. The van der Waals surface area contributed by atoms with Gasteiger partial charge in [-0.3, -0.25) is 0 Å². The van der Waals surface area contributed by atoms with Crippen LogP contribution >= 0.6 is 11.6 Å². The number of aromatic nitrogens is 1. The van der Waals surface area contributed by atoms with Crippen molar-refractivity contribution in [1.82, 2.24) is 4.98 Å². The largest absolute Gasteiger partial charge is 0.445 e. The van der Waals surface area contributed by atoms with Gasteiger partial charge in [0.15, 0.2) is 0 Å². The van der Waals surface area contributed by atoms with Gasteiger partial charge < -0.3 is 4.42 Å².